The maximum absolute atomic E-state index is 12.2. The first-order chi connectivity index (χ1) is 9.10. The maximum atomic E-state index is 12.2. The molecule has 1 aromatic carbocycles. The van der Waals surface area contributed by atoms with E-state index in [1.54, 1.807) is 29.6 Å². The molecule has 1 aliphatic heterocycles. The Morgan fingerprint density at radius 1 is 1.58 bits per heavy atom. The fourth-order valence-electron chi connectivity index (χ4n) is 1.70. The third-order valence-corrected chi connectivity index (χ3v) is 4.46. The van der Waals surface area contributed by atoms with Crippen LogP contribution in [0.3, 0.4) is 0 Å². The van der Waals surface area contributed by atoms with Crippen molar-refractivity contribution in [2.75, 3.05) is 11.5 Å². The number of thioether (sulfide) groups is 2. The lowest BCUT2D eigenvalue weighted by molar-refractivity contribution is 0.0948. The minimum Gasteiger partial charge on any atom is -0.398 e. The molecule has 4 nitrogen and oxygen atoms in total. The summed E-state index contributed by atoms with van der Waals surface area (Å²) >= 11 is 3.23. The van der Waals surface area contributed by atoms with Gasteiger partial charge in [0.2, 0.25) is 0 Å². The Bertz CT molecular complexity index is 517. The smallest absolute Gasteiger partial charge is 0.255 e. The second kappa shape index (κ2) is 6.25. The van der Waals surface area contributed by atoms with Gasteiger partial charge in [0.15, 0.2) is 5.50 Å². The van der Waals surface area contributed by atoms with Crippen molar-refractivity contribution in [1.29, 1.82) is 0 Å². The van der Waals surface area contributed by atoms with Crippen molar-refractivity contribution < 1.29 is 4.79 Å². The number of anilines is 1. The highest BCUT2D eigenvalue weighted by molar-refractivity contribution is 8.02. The lowest BCUT2D eigenvalue weighted by Gasteiger charge is -2.15. The monoisotopic (exact) mass is 295 g/mol. The normalized spacial score (nSPS) is 17.8. The van der Waals surface area contributed by atoms with Crippen molar-refractivity contribution >= 4 is 35.1 Å². The summed E-state index contributed by atoms with van der Waals surface area (Å²) in [5.41, 5.74) is 7.85. The lowest BCUT2D eigenvalue weighted by Crippen LogP contribution is -2.39. The molecule has 1 heterocycles. The van der Waals surface area contributed by atoms with E-state index in [0.717, 1.165) is 16.3 Å². The number of allylic oxidation sites excluding steroid dienone is 1. The molecule has 1 aliphatic rings. The third kappa shape index (κ3) is 3.61. The summed E-state index contributed by atoms with van der Waals surface area (Å²) in [6, 6.07) is 5.57. The molecule has 1 amide bonds. The van der Waals surface area contributed by atoms with Crippen LogP contribution in [0.4, 0.5) is 5.69 Å². The summed E-state index contributed by atoms with van der Waals surface area (Å²) < 4.78 is 0. The number of carbonyl (C=O) groups excluding carboxylic acids is 1. The fourth-order valence-corrected chi connectivity index (χ4v) is 3.24. The van der Waals surface area contributed by atoms with Crippen molar-refractivity contribution in [3.05, 3.63) is 34.9 Å². The number of hydrogen-bond acceptors (Lipinski definition) is 5. The van der Waals surface area contributed by atoms with Crippen LogP contribution in [-0.2, 0) is 0 Å². The number of rotatable bonds is 4. The first-order valence-electron chi connectivity index (χ1n) is 6.02. The molecule has 0 saturated carbocycles. The van der Waals surface area contributed by atoms with E-state index in [1.807, 2.05) is 24.5 Å². The molecular formula is C13H17N3OS2. The van der Waals surface area contributed by atoms with E-state index in [2.05, 4.69) is 17.6 Å². The molecule has 102 valence electrons. The highest BCUT2D eigenvalue weighted by Crippen LogP contribution is 2.24. The summed E-state index contributed by atoms with van der Waals surface area (Å²) in [7, 11) is 0. The van der Waals surface area contributed by atoms with Crippen molar-refractivity contribution in [2.24, 2.45) is 0 Å². The Morgan fingerprint density at radius 2 is 2.37 bits per heavy atom. The van der Waals surface area contributed by atoms with E-state index >= 15 is 0 Å². The van der Waals surface area contributed by atoms with Crippen LogP contribution in [0.2, 0.25) is 0 Å². The third-order valence-electron chi connectivity index (χ3n) is 2.58. The molecule has 1 atom stereocenters. The molecule has 1 aromatic rings. The van der Waals surface area contributed by atoms with Crippen molar-refractivity contribution in [3.63, 3.8) is 0 Å². The van der Waals surface area contributed by atoms with Crippen molar-refractivity contribution in [1.82, 2.24) is 10.6 Å². The van der Waals surface area contributed by atoms with Gasteiger partial charge in [0.25, 0.3) is 5.91 Å². The van der Waals surface area contributed by atoms with Crippen LogP contribution in [0.1, 0.15) is 24.2 Å². The largest absolute Gasteiger partial charge is 0.398 e. The first kappa shape index (κ1) is 14.1. The molecule has 0 fully saturated rings. The molecule has 4 N–H and O–H groups in total. The Balaban J connectivity index is 2.07. The summed E-state index contributed by atoms with van der Waals surface area (Å²) in [6.07, 6.45) is 0. The Morgan fingerprint density at radius 3 is 3.00 bits per heavy atom. The van der Waals surface area contributed by atoms with Gasteiger partial charge >= 0.3 is 0 Å². The van der Waals surface area contributed by atoms with Crippen LogP contribution >= 0.6 is 23.5 Å². The average molecular weight is 295 g/mol. The Kier molecular flexibility index (Phi) is 4.66. The highest BCUT2D eigenvalue weighted by Gasteiger charge is 2.18. The van der Waals surface area contributed by atoms with Crippen LogP contribution in [0.25, 0.3) is 0 Å². The fraction of sp³-hybridized carbons (Fsp3) is 0.308. The number of amides is 1. The van der Waals surface area contributed by atoms with Crippen molar-refractivity contribution in [3.8, 4) is 0 Å². The van der Waals surface area contributed by atoms with Gasteiger partial charge in [-0.05, 0) is 36.3 Å². The van der Waals surface area contributed by atoms with Gasteiger partial charge in [-0.3, -0.25) is 4.79 Å². The zero-order valence-electron chi connectivity index (χ0n) is 10.9. The quantitative estimate of drug-likeness (QED) is 0.588. The molecule has 0 bridgehead atoms. The van der Waals surface area contributed by atoms with Gasteiger partial charge in [0.05, 0.1) is 5.56 Å². The number of nitrogens with one attached hydrogen (secondary N) is 2. The SMILES string of the molecule is CCSc1ccc(N)c(C(=O)NC2NC(C)=CS2)c1. The molecular weight excluding hydrogens is 278 g/mol. The minimum absolute atomic E-state index is 0.116. The maximum Gasteiger partial charge on any atom is 0.255 e. The zero-order valence-corrected chi connectivity index (χ0v) is 12.5. The van der Waals surface area contributed by atoms with Gasteiger partial charge in [-0.25, -0.2) is 0 Å². The molecule has 1 unspecified atom stereocenters. The van der Waals surface area contributed by atoms with E-state index in [1.165, 1.54) is 0 Å². The highest BCUT2D eigenvalue weighted by atomic mass is 32.2. The lowest BCUT2D eigenvalue weighted by atomic mass is 10.1. The van der Waals surface area contributed by atoms with Gasteiger partial charge < -0.3 is 16.4 Å². The standard InChI is InChI=1S/C13H17N3OS2/c1-3-18-9-4-5-11(14)10(6-9)12(17)16-13-15-8(2)7-19-13/h4-7,13,15H,3,14H2,1-2H3,(H,16,17). The van der Waals surface area contributed by atoms with E-state index in [-0.39, 0.29) is 11.4 Å². The van der Waals surface area contributed by atoms with Crippen LogP contribution in [0, 0.1) is 0 Å². The zero-order chi connectivity index (χ0) is 13.8. The molecule has 0 aliphatic carbocycles. The van der Waals surface area contributed by atoms with E-state index in [9.17, 15) is 4.79 Å². The first-order valence-corrected chi connectivity index (χ1v) is 7.95. The van der Waals surface area contributed by atoms with E-state index in [0.29, 0.717) is 11.3 Å². The van der Waals surface area contributed by atoms with Crippen LogP contribution in [-0.4, -0.2) is 17.2 Å². The number of nitrogen functional groups attached to an aromatic ring is 1. The molecule has 0 aromatic heterocycles. The summed E-state index contributed by atoms with van der Waals surface area (Å²) in [6.45, 7) is 4.04. The van der Waals surface area contributed by atoms with Gasteiger partial charge in [-0.2, -0.15) is 0 Å². The van der Waals surface area contributed by atoms with E-state index < -0.39 is 0 Å². The molecule has 0 radical (unpaired) electrons. The van der Waals surface area contributed by atoms with Crippen LogP contribution in [0.15, 0.2) is 34.2 Å². The Hall–Kier alpha value is -1.27. The van der Waals surface area contributed by atoms with E-state index in [4.69, 9.17) is 5.73 Å². The van der Waals surface area contributed by atoms with Gasteiger partial charge in [-0.1, -0.05) is 18.7 Å². The number of hydrogen-bond donors (Lipinski definition) is 3. The summed E-state index contributed by atoms with van der Waals surface area (Å²) in [5.74, 6) is 0.817. The second-order valence-electron chi connectivity index (χ2n) is 4.12. The molecule has 0 spiro atoms. The average Bonchev–Trinajstić information content (AvgIpc) is 2.77. The number of carbonyl (C=O) groups is 1. The van der Waals surface area contributed by atoms with Crippen molar-refractivity contribution in [2.45, 2.75) is 24.2 Å². The van der Waals surface area contributed by atoms with Gasteiger partial charge in [0.1, 0.15) is 0 Å². The second-order valence-corrected chi connectivity index (χ2v) is 6.43. The molecule has 0 saturated heterocycles. The number of nitrogens with two attached hydrogens (primary N) is 1. The molecule has 6 heteroatoms. The minimum atomic E-state index is -0.149. The van der Waals surface area contributed by atoms with Gasteiger partial charge in [0, 0.05) is 16.3 Å². The van der Waals surface area contributed by atoms with Gasteiger partial charge in [-0.15, -0.1) is 11.8 Å². The topological polar surface area (TPSA) is 67.2 Å². The molecule has 2 rings (SSSR count). The Labute approximate surface area is 121 Å². The van der Waals surface area contributed by atoms with Crippen LogP contribution in [0.5, 0.6) is 0 Å². The predicted octanol–water partition coefficient (Wildman–Crippen LogP) is 2.59. The summed E-state index contributed by atoms with van der Waals surface area (Å²) in [4.78, 5) is 13.3. The summed E-state index contributed by atoms with van der Waals surface area (Å²) in [5, 5.41) is 8.05. The van der Waals surface area contributed by atoms with Crippen LogP contribution < -0.4 is 16.4 Å². The number of benzene rings is 1. The molecule has 19 heavy (non-hydrogen) atoms. The predicted molar refractivity (Wildman–Crippen MR) is 83.0 cm³/mol.